The largest absolute Gasteiger partial charge is 0.326 e. The van der Waals surface area contributed by atoms with Crippen molar-refractivity contribution < 1.29 is 14.5 Å². The van der Waals surface area contributed by atoms with Crippen LogP contribution in [0, 0.1) is 21.4 Å². The van der Waals surface area contributed by atoms with Gasteiger partial charge in [-0.2, -0.15) is 5.26 Å². The Morgan fingerprint density at radius 3 is 2.63 bits per heavy atom. The van der Waals surface area contributed by atoms with Crippen LogP contribution in [0.4, 0.5) is 17.1 Å². The topological polar surface area (TPSA) is 125 Å². The average molecular weight is 262 g/mol. The van der Waals surface area contributed by atoms with Crippen molar-refractivity contribution in [3.05, 3.63) is 28.3 Å². The highest BCUT2D eigenvalue weighted by Crippen LogP contribution is 2.27. The summed E-state index contributed by atoms with van der Waals surface area (Å²) in [6.45, 7) is 1.29. The minimum absolute atomic E-state index is 0.0727. The van der Waals surface area contributed by atoms with E-state index in [4.69, 9.17) is 5.26 Å². The molecule has 0 saturated carbocycles. The van der Waals surface area contributed by atoms with Crippen molar-refractivity contribution >= 4 is 28.9 Å². The second kappa shape index (κ2) is 6.11. The Hall–Kier alpha value is -2.95. The van der Waals surface area contributed by atoms with Gasteiger partial charge < -0.3 is 10.6 Å². The minimum atomic E-state index is -0.667. The van der Waals surface area contributed by atoms with Crippen molar-refractivity contribution in [3.63, 3.8) is 0 Å². The van der Waals surface area contributed by atoms with E-state index in [1.54, 1.807) is 6.07 Å². The molecule has 0 atom stereocenters. The van der Waals surface area contributed by atoms with Gasteiger partial charge in [0, 0.05) is 18.7 Å². The van der Waals surface area contributed by atoms with Crippen LogP contribution in [0.15, 0.2) is 18.2 Å². The number of nitrogens with one attached hydrogen (secondary N) is 2. The summed E-state index contributed by atoms with van der Waals surface area (Å²) in [6, 6.07) is 5.40. The van der Waals surface area contributed by atoms with E-state index in [0.29, 0.717) is 5.69 Å². The molecule has 0 saturated heterocycles. The van der Waals surface area contributed by atoms with Crippen LogP contribution >= 0.6 is 0 Å². The maximum atomic E-state index is 11.3. The molecule has 98 valence electrons. The number of amides is 2. The van der Waals surface area contributed by atoms with E-state index in [0.717, 1.165) is 6.07 Å². The van der Waals surface area contributed by atoms with E-state index < -0.39 is 17.3 Å². The van der Waals surface area contributed by atoms with Crippen LogP contribution in [0.25, 0.3) is 0 Å². The van der Waals surface area contributed by atoms with E-state index >= 15 is 0 Å². The van der Waals surface area contributed by atoms with Gasteiger partial charge >= 0.3 is 0 Å². The van der Waals surface area contributed by atoms with Crippen LogP contribution in [0.5, 0.6) is 0 Å². The number of benzene rings is 1. The Kier molecular flexibility index (Phi) is 4.54. The maximum absolute atomic E-state index is 11.3. The Morgan fingerprint density at radius 1 is 1.42 bits per heavy atom. The van der Waals surface area contributed by atoms with Gasteiger partial charge in [0.15, 0.2) is 0 Å². The van der Waals surface area contributed by atoms with E-state index in [1.807, 2.05) is 0 Å². The first kappa shape index (κ1) is 14.1. The summed E-state index contributed by atoms with van der Waals surface area (Å²) < 4.78 is 0. The number of nitrogens with zero attached hydrogens (tertiary/aromatic N) is 2. The minimum Gasteiger partial charge on any atom is -0.326 e. The number of nitriles is 1. The first-order valence-corrected chi connectivity index (χ1v) is 5.17. The zero-order chi connectivity index (χ0) is 14.4. The predicted molar refractivity (Wildman–Crippen MR) is 66.3 cm³/mol. The number of nitro groups is 1. The summed E-state index contributed by atoms with van der Waals surface area (Å²) in [5, 5.41) is 23.9. The van der Waals surface area contributed by atoms with Crippen LogP contribution in [-0.2, 0) is 9.59 Å². The SMILES string of the molecule is CC(=O)Nc1ccc([N+](=O)[O-])c(NC(=O)CC#N)c1. The third kappa shape index (κ3) is 4.08. The first-order chi connectivity index (χ1) is 8.93. The highest BCUT2D eigenvalue weighted by atomic mass is 16.6. The zero-order valence-corrected chi connectivity index (χ0v) is 9.97. The molecule has 2 amide bonds. The molecule has 0 aliphatic heterocycles. The van der Waals surface area contributed by atoms with Crippen molar-refractivity contribution in [1.82, 2.24) is 0 Å². The third-order valence-electron chi connectivity index (χ3n) is 2.03. The summed E-state index contributed by atoms with van der Waals surface area (Å²) >= 11 is 0. The zero-order valence-electron chi connectivity index (χ0n) is 9.97. The monoisotopic (exact) mass is 262 g/mol. The summed E-state index contributed by atoms with van der Waals surface area (Å²) in [7, 11) is 0. The number of hydrogen-bond acceptors (Lipinski definition) is 5. The van der Waals surface area contributed by atoms with Crippen molar-refractivity contribution in [2.75, 3.05) is 10.6 Å². The Morgan fingerprint density at radius 2 is 2.11 bits per heavy atom. The number of rotatable bonds is 4. The van der Waals surface area contributed by atoms with Crippen molar-refractivity contribution in [2.24, 2.45) is 0 Å². The summed E-state index contributed by atoms with van der Waals surface area (Å²) in [5.74, 6) is -1.01. The van der Waals surface area contributed by atoms with Gasteiger partial charge in [-0.25, -0.2) is 0 Å². The molecular weight excluding hydrogens is 252 g/mol. The van der Waals surface area contributed by atoms with Crippen LogP contribution in [-0.4, -0.2) is 16.7 Å². The molecule has 8 heteroatoms. The standard InChI is InChI=1S/C11H10N4O4/c1-7(16)13-8-2-3-10(15(18)19)9(6-8)14-11(17)4-5-12/h2-3,6H,4H2,1H3,(H,13,16)(H,14,17). The summed E-state index contributed by atoms with van der Waals surface area (Å²) in [6.07, 6.45) is -0.415. The number of hydrogen-bond donors (Lipinski definition) is 2. The molecule has 1 aromatic rings. The highest BCUT2D eigenvalue weighted by Gasteiger charge is 2.16. The Balaban J connectivity index is 3.08. The third-order valence-corrected chi connectivity index (χ3v) is 2.03. The van der Waals surface area contributed by atoms with Gasteiger partial charge in [0.2, 0.25) is 11.8 Å². The van der Waals surface area contributed by atoms with Crippen LogP contribution in [0.3, 0.4) is 0 Å². The van der Waals surface area contributed by atoms with Crippen LogP contribution in [0.2, 0.25) is 0 Å². The predicted octanol–water partition coefficient (Wildman–Crippen LogP) is 1.41. The number of nitro benzene ring substituents is 1. The number of carbonyl (C=O) groups excluding carboxylic acids is 2. The Labute approximate surface area is 108 Å². The molecule has 0 aliphatic carbocycles. The molecule has 0 radical (unpaired) electrons. The molecule has 1 rings (SSSR count). The van der Waals surface area contributed by atoms with Gasteiger partial charge in [-0.3, -0.25) is 19.7 Å². The molecule has 1 aromatic carbocycles. The smallest absolute Gasteiger partial charge is 0.292 e. The summed E-state index contributed by atoms with van der Waals surface area (Å²) in [4.78, 5) is 32.3. The van der Waals surface area contributed by atoms with E-state index in [-0.39, 0.29) is 17.3 Å². The van der Waals surface area contributed by atoms with Gasteiger partial charge in [-0.1, -0.05) is 0 Å². The lowest BCUT2D eigenvalue weighted by Gasteiger charge is -2.07. The lowest BCUT2D eigenvalue weighted by atomic mass is 10.2. The second-order valence-electron chi connectivity index (χ2n) is 3.55. The molecule has 0 fully saturated rings. The van der Waals surface area contributed by atoms with Gasteiger partial charge in [-0.05, 0) is 12.1 Å². The summed E-state index contributed by atoms with van der Waals surface area (Å²) in [5.41, 5.74) is -0.0813. The lowest BCUT2D eigenvalue weighted by molar-refractivity contribution is -0.383. The fourth-order valence-corrected chi connectivity index (χ4v) is 1.34. The van der Waals surface area contributed by atoms with Crippen molar-refractivity contribution in [3.8, 4) is 6.07 Å². The van der Waals surface area contributed by atoms with Gasteiger partial charge in [0.1, 0.15) is 12.1 Å². The fourth-order valence-electron chi connectivity index (χ4n) is 1.34. The molecule has 0 aliphatic rings. The average Bonchev–Trinajstić information content (AvgIpc) is 2.28. The number of carbonyl (C=O) groups is 2. The van der Waals surface area contributed by atoms with Crippen LogP contribution in [0.1, 0.15) is 13.3 Å². The Bertz CT molecular complexity index is 577. The van der Waals surface area contributed by atoms with Gasteiger partial charge in [0.05, 0.1) is 11.0 Å². The lowest BCUT2D eigenvalue weighted by Crippen LogP contribution is -2.12. The van der Waals surface area contributed by atoms with Crippen molar-refractivity contribution in [2.45, 2.75) is 13.3 Å². The molecule has 0 bridgehead atoms. The maximum Gasteiger partial charge on any atom is 0.292 e. The quantitative estimate of drug-likeness (QED) is 0.626. The molecular formula is C11H10N4O4. The van der Waals surface area contributed by atoms with Crippen LogP contribution < -0.4 is 10.6 Å². The van der Waals surface area contributed by atoms with Crippen molar-refractivity contribution in [1.29, 1.82) is 5.26 Å². The number of anilines is 2. The second-order valence-corrected chi connectivity index (χ2v) is 3.55. The highest BCUT2D eigenvalue weighted by molar-refractivity contribution is 5.96. The molecule has 2 N–H and O–H groups in total. The molecule has 0 unspecified atom stereocenters. The molecule has 0 spiro atoms. The van der Waals surface area contributed by atoms with Gasteiger partial charge in [-0.15, -0.1) is 0 Å². The van der Waals surface area contributed by atoms with E-state index in [2.05, 4.69) is 10.6 Å². The van der Waals surface area contributed by atoms with Gasteiger partial charge in [0.25, 0.3) is 5.69 Å². The molecule has 0 heterocycles. The normalized spacial score (nSPS) is 9.26. The fraction of sp³-hybridized carbons (Fsp3) is 0.182. The first-order valence-electron chi connectivity index (χ1n) is 5.17. The molecule has 8 nitrogen and oxygen atoms in total. The molecule has 19 heavy (non-hydrogen) atoms. The molecule has 0 aromatic heterocycles. The van der Waals surface area contributed by atoms with E-state index in [1.165, 1.54) is 19.1 Å². The van der Waals surface area contributed by atoms with E-state index in [9.17, 15) is 19.7 Å².